The molecule has 2 aromatic carbocycles. The summed E-state index contributed by atoms with van der Waals surface area (Å²) in [4.78, 5) is 12.7. The van der Waals surface area contributed by atoms with Gasteiger partial charge in [0, 0.05) is 5.56 Å². The molecule has 0 aromatic heterocycles. The van der Waals surface area contributed by atoms with Crippen LogP contribution in [0.1, 0.15) is 37.3 Å². The molecule has 1 saturated carbocycles. The number of alkyl halides is 3. The summed E-state index contributed by atoms with van der Waals surface area (Å²) in [6.45, 7) is 2.44. The Morgan fingerprint density at radius 2 is 1.83 bits per heavy atom. The van der Waals surface area contributed by atoms with E-state index < -0.39 is 18.2 Å². The Morgan fingerprint density at radius 1 is 1.17 bits per heavy atom. The molecule has 1 aliphatic carbocycles. The summed E-state index contributed by atoms with van der Waals surface area (Å²) in [5.41, 5.74) is 8.31. The number of rotatable bonds is 6. The average molecular weight is 407 g/mol. The van der Waals surface area contributed by atoms with Gasteiger partial charge >= 0.3 is 12.1 Å². The molecule has 1 aliphatic rings. The van der Waals surface area contributed by atoms with E-state index in [9.17, 15) is 18.0 Å². The molecule has 2 aromatic rings. The lowest BCUT2D eigenvalue weighted by atomic mass is 9.64. The van der Waals surface area contributed by atoms with Gasteiger partial charge in [0.1, 0.15) is 5.75 Å². The lowest BCUT2D eigenvalue weighted by Gasteiger charge is -2.40. The highest BCUT2D eigenvalue weighted by Crippen LogP contribution is 2.48. The van der Waals surface area contributed by atoms with Crippen molar-refractivity contribution in [3.63, 3.8) is 0 Å². The predicted octanol–water partition coefficient (Wildman–Crippen LogP) is 5.17. The van der Waals surface area contributed by atoms with Crippen molar-refractivity contribution in [2.75, 3.05) is 18.9 Å². The number of carbonyl (C=O) groups excluding carboxylic acids is 1. The van der Waals surface area contributed by atoms with Gasteiger partial charge in [-0.15, -0.1) is 0 Å². The number of esters is 1. The molecule has 156 valence electrons. The summed E-state index contributed by atoms with van der Waals surface area (Å²) in [5.74, 6) is -0.446. The van der Waals surface area contributed by atoms with Crippen molar-refractivity contribution >= 4 is 11.7 Å². The topological polar surface area (TPSA) is 61.5 Å². The van der Waals surface area contributed by atoms with Gasteiger partial charge in [0.15, 0.2) is 6.61 Å². The number of hydrogen-bond acceptors (Lipinski definition) is 4. The first kappa shape index (κ1) is 21.0. The predicted molar refractivity (Wildman–Crippen MR) is 105 cm³/mol. The lowest BCUT2D eigenvalue weighted by molar-refractivity contribution is -0.155. The van der Waals surface area contributed by atoms with Crippen LogP contribution in [0, 0.1) is 6.92 Å². The second kappa shape index (κ2) is 7.97. The number of ether oxygens (including phenoxy) is 2. The molecular formula is C22H24F3NO3. The van der Waals surface area contributed by atoms with Crippen molar-refractivity contribution in [3.05, 3.63) is 47.5 Å². The van der Waals surface area contributed by atoms with Gasteiger partial charge < -0.3 is 15.2 Å². The zero-order valence-corrected chi connectivity index (χ0v) is 16.4. The number of hydrogen-bond donors (Lipinski definition) is 1. The average Bonchev–Trinajstić information content (AvgIpc) is 2.61. The summed E-state index contributed by atoms with van der Waals surface area (Å²) in [6, 6.07) is 10.7. The Labute approximate surface area is 167 Å². The zero-order chi connectivity index (χ0) is 21.2. The molecule has 4 nitrogen and oxygen atoms in total. The van der Waals surface area contributed by atoms with Crippen LogP contribution in [-0.4, -0.2) is 25.4 Å². The molecular weight excluding hydrogens is 383 g/mol. The van der Waals surface area contributed by atoms with Crippen molar-refractivity contribution < 1.29 is 27.4 Å². The molecule has 1 fully saturated rings. The number of benzene rings is 2. The number of aryl methyl sites for hydroxylation is 1. The van der Waals surface area contributed by atoms with Crippen LogP contribution in [0.25, 0.3) is 11.1 Å². The number of nitrogen functional groups attached to an aromatic ring is 1. The summed E-state index contributed by atoms with van der Waals surface area (Å²) >= 11 is 0. The van der Waals surface area contributed by atoms with Crippen molar-refractivity contribution in [2.45, 2.75) is 44.7 Å². The van der Waals surface area contributed by atoms with Crippen LogP contribution in [0.4, 0.5) is 18.9 Å². The van der Waals surface area contributed by atoms with Crippen LogP contribution in [0.2, 0.25) is 0 Å². The Morgan fingerprint density at radius 3 is 2.34 bits per heavy atom. The fourth-order valence-electron chi connectivity index (χ4n) is 3.56. The maximum absolute atomic E-state index is 12.7. The van der Waals surface area contributed by atoms with Crippen LogP contribution in [-0.2, 0) is 14.9 Å². The fourth-order valence-corrected chi connectivity index (χ4v) is 3.56. The van der Waals surface area contributed by atoms with Crippen LogP contribution < -0.4 is 10.5 Å². The zero-order valence-electron chi connectivity index (χ0n) is 16.4. The highest BCUT2D eigenvalue weighted by molar-refractivity contribution is 5.88. The summed E-state index contributed by atoms with van der Waals surface area (Å²) in [5, 5.41) is 0. The maximum Gasteiger partial charge on any atom is 0.422 e. The second-order valence-electron chi connectivity index (χ2n) is 7.36. The molecule has 0 aliphatic heterocycles. The Balaban J connectivity index is 2.11. The van der Waals surface area contributed by atoms with E-state index in [0.717, 1.165) is 17.5 Å². The number of halogens is 3. The molecule has 0 spiro atoms. The van der Waals surface area contributed by atoms with E-state index in [-0.39, 0.29) is 24.0 Å². The van der Waals surface area contributed by atoms with Gasteiger partial charge in [-0.25, -0.2) is 0 Å². The largest absolute Gasteiger partial charge is 0.482 e. The standard InChI is InChI=1S/C22H24F3NO3/c1-3-28-20(27)21(9-4-10-21)16-11-17(15-7-5-14(2)6-8-15)19(26)18(12-16)29-13-22(23,24)25/h5-8,11-12H,3-4,9-10,13,26H2,1-2H3. The fraction of sp³-hybridized carbons (Fsp3) is 0.409. The summed E-state index contributed by atoms with van der Waals surface area (Å²) < 4.78 is 48.5. The van der Waals surface area contributed by atoms with Crippen molar-refractivity contribution in [2.24, 2.45) is 0 Å². The first-order chi connectivity index (χ1) is 13.7. The van der Waals surface area contributed by atoms with Crippen LogP contribution in [0.5, 0.6) is 5.75 Å². The van der Waals surface area contributed by atoms with Crippen molar-refractivity contribution in [3.8, 4) is 16.9 Å². The minimum absolute atomic E-state index is 0.0778. The normalized spacial score (nSPS) is 15.5. The third-order valence-electron chi connectivity index (χ3n) is 5.32. The molecule has 7 heteroatoms. The van der Waals surface area contributed by atoms with E-state index in [4.69, 9.17) is 15.2 Å². The van der Waals surface area contributed by atoms with Gasteiger partial charge in [-0.3, -0.25) is 4.79 Å². The Kier molecular flexibility index (Phi) is 5.78. The molecule has 0 heterocycles. The molecule has 0 radical (unpaired) electrons. The lowest BCUT2D eigenvalue weighted by Crippen LogP contribution is -2.43. The maximum atomic E-state index is 12.7. The first-order valence-electron chi connectivity index (χ1n) is 9.54. The Bertz CT molecular complexity index is 887. The van der Waals surface area contributed by atoms with Gasteiger partial charge in [-0.1, -0.05) is 36.2 Å². The molecule has 2 N–H and O–H groups in total. The monoisotopic (exact) mass is 407 g/mol. The smallest absolute Gasteiger partial charge is 0.422 e. The van der Waals surface area contributed by atoms with Gasteiger partial charge in [-0.2, -0.15) is 13.2 Å². The molecule has 0 unspecified atom stereocenters. The van der Waals surface area contributed by atoms with E-state index in [1.807, 2.05) is 31.2 Å². The third kappa shape index (κ3) is 4.33. The van der Waals surface area contributed by atoms with E-state index in [2.05, 4.69) is 0 Å². The van der Waals surface area contributed by atoms with Crippen molar-refractivity contribution in [1.82, 2.24) is 0 Å². The molecule has 0 amide bonds. The SMILES string of the molecule is CCOC(=O)C1(c2cc(OCC(F)(F)F)c(N)c(-c3ccc(C)cc3)c2)CCC1. The van der Waals surface area contributed by atoms with Crippen LogP contribution in [0.3, 0.4) is 0 Å². The van der Waals surface area contributed by atoms with E-state index in [1.54, 1.807) is 13.0 Å². The minimum Gasteiger partial charge on any atom is -0.482 e. The number of nitrogens with two attached hydrogens (primary N) is 1. The molecule has 3 rings (SSSR count). The molecule has 0 saturated heterocycles. The number of carbonyl (C=O) groups is 1. The van der Waals surface area contributed by atoms with Crippen LogP contribution in [0.15, 0.2) is 36.4 Å². The van der Waals surface area contributed by atoms with Gasteiger partial charge in [0.25, 0.3) is 0 Å². The van der Waals surface area contributed by atoms with Crippen LogP contribution >= 0.6 is 0 Å². The quantitative estimate of drug-likeness (QED) is 0.530. The summed E-state index contributed by atoms with van der Waals surface area (Å²) in [6.07, 6.45) is -2.52. The number of anilines is 1. The summed E-state index contributed by atoms with van der Waals surface area (Å²) in [7, 11) is 0. The highest BCUT2D eigenvalue weighted by Gasteiger charge is 2.47. The minimum atomic E-state index is -4.50. The molecule has 29 heavy (non-hydrogen) atoms. The van der Waals surface area contributed by atoms with E-state index in [0.29, 0.717) is 24.0 Å². The van der Waals surface area contributed by atoms with Gasteiger partial charge in [0.2, 0.25) is 0 Å². The third-order valence-corrected chi connectivity index (χ3v) is 5.32. The van der Waals surface area contributed by atoms with E-state index >= 15 is 0 Å². The Hall–Kier alpha value is -2.70. The second-order valence-corrected chi connectivity index (χ2v) is 7.36. The van der Waals surface area contributed by atoms with E-state index in [1.165, 1.54) is 6.07 Å². The highest BCUT2D eigenvalue weighted by atomic mass is 19.4. The molecule has 0 atom stereocenters. The van der Waals surface area contributed by atoms with Gasteiger partial charge in [0.05, 0.1) is 17.7 Å². The van der Waals surface area contributed by atoms with Gasteiger partial charge in [-0.05, 0) is 49.9 Å². The first-order valence-corrected chi connectivity index (χ1v) is 9.54. The molecule has 0 bridgehead atoms. The van der Waals surface area contributed by atoms with Crippen molar-refractivity contribution in [1.29, 1.82) is 0 Å².